The van der Waals surface area contributed by atoms with Gasteiger partial charge in [-0.25, -0.2) is 0 Å². The lowest BCUT2D eigenvalue weighted by atomic mass is 10.4. The lowest BCUT2D eigenvalue weighted by Gasteiger charge is -2.03. The molecular weight excluding hydrogens is 202 g/mol. The minimum atomic E-state index is -0.436. The Hall–Kier alpha value is -1.82. The van der Waals surface area contributed by atoms with Crippen molar-refractivity contribution >= 4 is 5.91 Å². The van der Waals surface area contributed by atoms with Gasteiger partial charge < -0.3 is 19.6 Å². The smallest absolute Gasteiger partial charge is 0.257 e. The third-order valence-electron chi connectivity index (χ3n) is 1.65. The SMILES string of the molecule is CNC(=O)COc1coc(CO)cc1=O. The summed E-state index contributed by atoms with van der Waals surface area (Å²) in [7, 11) is 1.46. The summed E-state index contributed by atoms with van der Waals surface area (Å²) in [5, 5.41) is 11.0. The van der Waals surface area contributed by atoms with E-state index in [4.69, 9.17) is 14.3 Å². The number of rotatable bonds is 4. The molecule has 0 spiro atoms. The van der Waals surface area contributed by atoms with E-state index >= 15 is 0 Å². The van der Waals surface area contributed by atoms with Gasteiger partial charge in [-0.05, 0) is 0 Å². The number of ether oxygens (including phenoxy) is 1. The fourth-order valence-electron chi connectivity index (χ4n) is 0.842. The first kappa shape index (κ1) is 11.3. The maximum absolute atomic E-state index is 11.3. The van der Waals surface area contributed by atoms with E-state index in [9.17, 15) is 9.59 Å². The summed E-state index contributed by atoms with van der Waals surface area (Å²) in [6, 6.07) is 1.11. The average molecular weight is 213 g/mol. The number of aliphatic hydroxyl groups is 1. The lowest BCUT2D eigenvalue weighted by molar-refractivity contribution is -0.122. The number of amides is 1. The monoisotopic (exact) mass is 213 g/mol. The van der Waals surface area contributed by atoms with Crippen LogP contribution in [-0.4, -0.2) is 24.7 Å². The van der Waals surface area contributed by atoms with Crippen LogP contribution in [0.25, 0.3) is 0 Å². The van der Waals surface area contributed by atoms with E-state index in [0.717, 1.165) is 12.3 Å². The Balaban J connectivity index is 2.70. The fraction of sp³-hybridized carbons (Fsp3) is 0.333. The Labute approximate surface area is 85.5 Å². The molecule has 0 aromatic carbocycles. The molecular formula is C9H11NO5. The van der Waals surface area contributed by atoms with Crippen LogP contribution in [0.5, 0.6) is 5.75 Å². The first-order valence-corrected chi connectivity index (χ1v) is 4.23. The van der Waals surface area contributed by atoms with Gasteiger partial charge in [0, 0.05) is 13.1 Å². The van der Waals surface area contributed by atoms with Crippen molar-refractivity contribution in [1.29, 1.82) is 0 Å². The Morgan fingerprint density at radius 1 is 1.67 bits per heavy atom. The van der Waals surface area contributed by atoms with Crippen molar-refractivity contribution in [2.24, 2.45) is 0 Å². The van der Waals surface area contributed by atoms with Gasteiger partial charge in [-0.3, -0.25) is 9.59 Å². The highest BCUT2D eigenvalue weighted by Crippen LogP contribution is 2.05. The van der Waals surface area contributed by atoms with Crippen LogP contribution < -0.4 is 15.5 Å². The van der Waals surface area contributed by atoms with Crippen LogP contribution in [0.4, 0.5) is 0 Å². The van der Waals surface area contributed by atoms with Crippen LogP contribution in [0, 0.1) is 0 Å². The Kier molecular flexibility index (Phi) is 3.87. The van der Waals surface area contributed by atoms with Gasteiger partial charge in [0.15, 0.2) is 6.61 Å². The standard InChI is InChI=1S/C9H11NO5/c1-10-9(13)5-15-8-4-14-6(3-11)2-7(8)12/h2,4,11H,3,5H2,1H3,(H,10,13). The first-order chi connectivity index (χ1) is 7.17. The van der Waals surface area contributed by atoms with Crippen LogP contribution in [0.2, 0.25) is 0 Å². The Morgan fingerprint density at radius 3 is 2.93 bits per heavy atom. The minimum absolute atomic E-state index is 0.0594. The first-order valence-electron chi connectivity index (χ1n) is 4.23. The molecule has 6 heteroatoms. The number of carbonyl (C=O) groups excluding carboxylic acids is 1. The normalized spacial score (nSPS) is 9.73. The summed E-state index contributed by atoms with van der Waals surface area (Å²) >= 11 is 0. The molecule has 6 nitrogen and oxygen atoms in total. The fourth-order valence-corrected chi connectivity index (χ4v) is 0.842. The van der Waals surface area contributed by atoms with Gasteiger partial charge in [0.25, 0.3) is 5.91 Å². The second-order valence-corrected chi connectivity index (χ2v) is 2.69. The summed E-state index contributed by atoms with van der Waals surface area (Å²) in [5.41, 5.74) is -0.436. The quantitative estimate of drug-likeness (QED) is 0.687. The van der Waals surface area contributed by atoms with Gasteiger partial charge in [0.05, 0.1) is 0 Å². The maximum atomic E-state index is 11.3. The number of likely N-dealkylation sites (N-methyl/N-ethyl adjacent to an activating group) is 1. The van der Waals surface area contributed by atoms with E-state index in [1.807, 2.05) is 0 Å². The molecule has 0 unspecified atom stereocenters. The molecule has 0 aliphatic heterocycles. The van der Waals surface area contributed by atoms with Crippen molar-refractivity contribution < 1.29 is 19.1 Å². The van der Waals surface area contributed by atoms with Gasteiger partial charge in [0.1, 0.15) is 18.6 Å². The van der Waals surface area contributed by atoms with Crippen LogP contribution in [0.3, 0.4) is 0 Å². The molecule has 0 radical (unpaired) electrons. The summed E-state index contributed by atoms with van der Waals surface area (Å²) in [5.74, 6) is -0.260. The second kappa shape index (κ2) is 5.16. The van der Waals surface area contributed by atoms with Crippen LogP contribution >= 0.6 is 0 Å². The number of nitrogens with one attached hydrogen (secondary N) is 1. The molecule has 1 aromatic heterocycles. The van der Waals surface area contributed by atoms with Gasteiger partial charge in [-0.2, -0.15) is 0 Å². The van der Waals surface area contributed by atoms with Gasteiger partial charge in [-0.1, -0.05) is 0 Å². The van der Waals surface area contributed by atoms with Crippen molar-refractivity contribution in [3.05, 3.63) is 28.3 Å². The van der Waals surface area contributed by atoms with Crippen molar-refractivity contribution in [3.63, 3.8) is 0 Å². The van der Waals surface area contributed by atoms with Crippen LogP contribution in [-0.2, 0) is 11.4 Å². The topological polar surface area (TPSA) is 88.8 Å². The molecule has 0 aliphatic rings. The molecule has 0 atom stereocenters. The Bertz CT molecular complexity index is 398. The third-order valence-corrected chi connectivity index (χ3v) is 1.65. The van der Waals surface area contributed by atoms with E-state index < -0.39 is 5.43 Å². The van der Waals surface area contributed by atoms with Gasteiger partial charge >= 0.3 is 0 Å². The molecule has 1 amide bonds. The highest BCUT2D eigenvalue weighted by molar-refractivity contribution is 5.77. The molecule has 1 rings (SSSR count). The summed E-state index contributed by atoms with van der Waals surface area (Å²) in [4.78, 5) is 22.1. The molecule has 15 heavy (non-hydrogen) atoms. The molecule has 2 N–H and O–H groups in total. The molecule has 0 aliphatic carbocycles. The maximum Gasteiger partial charge on any atom is 0.257 e. The molecule has 1 aromatic rings. The minimum Gasteiger partial charge on any atom is -0.477 e. The zero-order chi connectivity index (χ0) is 11.3. The van der Waals surface area contributed by atoms with Crippen molar-refractivity contribution in [1.82, 2.24) is 5.32 Å². The number of aliphatic hydroxyl groups excluding tert-OH is 1. The molecule has 1 heterocycles. The predicted octanol–water partition coefficient (Wildman–Crippen LogP) is -0.743. The summed E-state index contributed by atoms with van der Waals surface area (Å²) in [6.45, 7) is -0.606. The van der Waals surface area contributed by atoms with E-state index in [2.05, 4.69) is 5.32 Å². The van der Waals surface area contributed by atoms with Crippen molar-refractivity contribution in [3.8, 4) is 5.75 Å². The Morgan fingerprint density at radius 2 is 2.40 bits per heavy atom. The average Bonchev–Trinajstić information content (AvgIpc) is 2.26. The third kappa shape index (κ3) is 3.10. The van der Waals surface area contributed by atoms with Crippen LogP contribution in [0.15, 0.2) is 21.5 Å². The molecule has 82 valence electrons. The van der Waals surface area contributed by atoms with E-state index in [1.54, 1.807) is 0 Å². The second-order valence-electron chi connectivity index (χ2n) is 2.69. The van der Waals surface area contributed by atoms with Crippen molar-refractivity contribution in [2.45, 2.75) is 6.61 Å². The van der Waals surface area contributed by atoms with E-state index in [0.29, 0.717) is 0 Å². The number of hydrogen-bond donors (Lipinski definition) is 2. The van der Waals surface area contributed by atoms with Crippen molar-refractivity contribution in [2.75, 3.05) is 13.7 Å². The lowest BCUT2D eigenvalue weighted by Crippen LogP contribution is -2.26. The molecule has 0 bridgehead atoms. The highest BCUT2D eigenvalue weighted by atomic mass is 16.5. The largest absolute Gasteiger partial charge is 0.477 e. The summed E-state index contributed by atoms with van der Waals surface area (Å²) in [6.07, 6.45) is 1.07. The molecule has 0 saturated carbocycles. The zero-order valence-corrected chi connectivity index (χ0v) is 8.15. The predicted molar refractivity (Wildman–Crippen MR) is 50.5 cm³/mol. The molecule has 0 saturated heterocycles. The van der Waals surface area contributed by atoms with Gasteiger partial charge in [0.2, 0.25) is 11.2 Å². The van der Waals surface area contributed by atoms with Gasteiger partial charge in [-0.15, -0.1) is 0 Å². The zero-order valence-electron chi connectivity index (χ0n) is 8.15. The number of hydrogen-bond acceptors (Lipinski definition) is 5. The highest BCUT2D eigenvalue weighted by Gasteiger charge is 2.05. The molecule has 0 fully saturated rings. The van der Waals surface area contributed by atoms with E-state index in [1.165, 1.54) is 7.05 Å². The van der Waals surface area contributed by atoms with E-state index in [-0.39, 0.29) is 30.6 Å². The number of carbonyl (C=O) groups is 1. The van der Waals surface area contributed by atoms with Crippen LogP contribution in [0.1, 0.15) is 5.76 Å². The summed E-state index contributed by atoms with van der Waals surface area (Å²) < 4.78 is 9.74.